The molecule has 2 atom stereocenters. The Hall–Kier alpha value is -0.0400. The first-order valence-corrected chi connectivity index (χ1v) is 5.09. The summed E-state index contributed by atoms with van der Waals surface area (Å²) < 4.78 is 0. The molecule has 0 radical (unpaired) electrons. The van der Waals surface area contributed by atoms with Gasteiger partial charge in [-0.3, -0.25) is 0 Å². The molecule has 0 N–H and O–H groups in total. The Kier molecular flexibility index (Phi) is 4.84. The molecule has 0 aromatic carbocycles. The third kappa shape index (κ3) is 3.14. The molecule has 0 aliphatic rings. The quantitative estimate of drug-likeness (QED) is 0.628. The molecule has 0 aliphatic carbocycles. The van der Waals surface area contributed by atoms with Gasteiger partial charge in [0, 0.05) is 12.1 Å². The van der Waals surface area contributed by atoms with Crippen LogP contribution in [-0.2, 0) is 0 Å². The molecular weight excluding hydrogens is 146 g/mol. The molecule has 0 rings (SSSR count). The van der Waals surface area contributed by atoms with Crippen LogP contribution in [0.4, 0.5) is 0 Å². The Morgan fingerprint density at radius 3 is 1.08 bits per heavy atom. The Morgan fingerprint density at radius 2 is 0.917 bits per heavy atom. The lowest BCUT2D eigenvalue weighted by Crippen LogP contribution is -2.42. The lowest BCUT2D eigenvalue weighted by Gasteiger charge is -2.35. The molecule has 0 fully saturated rings. The summed E-state index contributed by atoms with van der Waals surface area (Å²) in [5.41, 5.74) is 0. The van der Waals surface area contributed by atoms with Crippen LogP contribution in [0.25, 0.3) is 0 Å². The van der Waals surface area contributed by atoms with Crippen LogP contribution in [0.3, 0.4) is 0 Å². The van der Waals surface area contributed by atoms with Crippen molar-refractivity contribution < 1.29 is 0 Å². The van der Waals surface area contributed by atoms with E-state index in [1.54, 1.807) is 0 Å². The van der Waals surface area contributed by atoms with Crippen LogP contribution in [0.5, 0.6) is 0 Å². The van der Waals surface area contributed by atoms with Gasteiger partial charge in [-0.1, -0.05) is 27.7 Å². The van der Waals surface area contributed by atoms with Gasteiger partial charge < -0.3 is 4.90 Å². The Bertz CT molecular complexity index is 104. The summed E-state index contributed by atoms with van der Waals surface area (Å²) in [6.45, 7) is 13.8. The highest BCUT2D eigenvalue weighted by Crippen LogP contribution is 2.15. The number of hydrogen-bond donors (Lipinski definition) is 0. The van der Waals surface area contributed by atoms with Gasteiger partial charge in [0.2, 0.25) is 0 Å². The third-order valence-corrected chi connectivity index (χ3v) is 3.21. The summed E-state index contributed by atoms with van der Waals surface area (Å²) in [6, 6.07) is 1.37. The Morgan fingerprint density at radius 1 is 0.667 bits per heavy atom. The predicted molar refractivity (Wildman–Crippen MR) is 56.4 cm³/mol. The summed E-state index contributed by atoms with van der Waals surface area (Å²) in [7, 11) is 2.23. The number of hydrogen-bond acceptors (Lipinski definition) is 1. The van der Waals surface area contributed by atoms with Gasteiger partial charge in [0.15, 0.2) is 0 Å². The second-order valence-electron chi connectivity index (χ2n) is 4.63. The monoisotopic (exact) mass is 171 g/mol. The van der Waals surface area contributed by atoms with Crippen molar-refractivity contribution in [1.29, 1.82) is 0 Å². The van der Waals surface area contributed by atoms with E-state index in [1.165, 1.54) is 0 Å². The average Bonchev–Trinajstić information content (AvgIpc) is 2.00. The molecule has 0 unspecified atom stereocenters. The molecule has 0 heterocycles. The fraction of sp³-hybridized carbons (Fsp3) is 1.00. The molecule has 0 spiro atoms. The van der Waals surface area contributed by atoms with Crippen LogP contribution in [-0.4, -0.2) is 24.0 Å². The van der Waals surface area contributed by atoms with Crippen molar-refractivity contribution in [3.63, 3.8) is 0 Å². The van der Waals surface area contributed by atoms with E-state index in [0.29, 0.717) is 12.1 Å². The van der Waals surface area contributed by atoms with Gasteiger partial charge in [-0.05, 0) is 32.7 Å². The van der Waals surface area contributed by atoms with Crippen LogP contribution in [0, 0.1) is 11.8 Å². The fourth-order valence-electron chi connectivity index (χ4n) is 1.31. The van der Waals surface area contributed by atoms with Crippen molar-refractivity contribution in [3.8, 4) is 0 Å². The molecular formula is C11H25N. The first-order valence-electron chi connectivity index (χ1n) is 5.09. The Balaban J connectivity index is 4.08. The van der Waals surface area contributed by atoms with Gasteiger partial charge in [0.05, 0.1) is 0 Å². The minimum atomic E-state index is 0.683. The highest BCUT2D eigenvalue weighted by Gasteiger charge is 2.20. The average molecular weight is 171 g/mol. The largest absolute Gasteiger partial charge is 0.301 e. The maximum atomic E-state index is 2.48. The zero-order valence-corrected chi connectivity index (χ0v) is 9.76. The molecule has 0 saturated carbocycles. The zero-order valence-electron chi connectivity index (χ0n) is 9.76. The van der Waals surface area contributed by atoms with E-state index >= 15 is 0 Å². The lowest BCUT2D eigenvalue weighted by molar-refractivity contribution is 0.127. The highest BCUT2D eigenvalue weighted by molar-refractivity contribution is 4.74. The molecule has 12 heavy (non-hydrogen) atoms. The van der Waals surface area contributed by atoms with Crippen LogP contribution in [0.1, 0.15) is 41.5 Å². The van der Waals surface area contributed by atoms with E-state index in [9.17, 15) is 0 Å². The summed E-state index contributed by atoms with van der Waals surface area (Å²) in [4.78, 5) is 2.48. The molecule has 0 amide bonds. The van der Waals surface area contributed by atoms with E-state index < -0.39 is 0 Å². The first kappa shape index (κ1) is 12.0. The second-order valence-corrected chi connectivity index (χ2v) is 4.63. The molecule has 0 saturated heterocycles. The topological polar surface area (TPSA) is 3.24 Å². The van der Waals surface area contributed by atoms with Crippen LogP contribution in [0.2, 0.25) is 0 Å². The summed E-state index contributed by atoms with van der Waals surface area (Å²) in [6.07, 6.45) is 0. The number of nitrogens with zero attached hydrogens (tertiary/aromatic N) is 1. The predicted octanol–water partition coefficient (Wildman–Crippen LogP) is 3.01. The van der Waals surface area contributed by atoms with Gasteiger partial charge in [-0.2, -0.15) is 0 Å². The van der Waals surface area contributed by atoms with Gasteiger partial charge in [0.1, 0.15) is 0 Å². The van der Waals surface area contributed by atoms with Gasteiger partial charge in [-0.25, -0.2) is 0 Å². The van der Waals surface area contributed by atoms with Crippen molar-refractivity contribution in [2.24, 2.45) is 11.8 Å². The molecule has 1 heteroatoms. The standard InChI is InChI=1S/C11H25N/c1-8(2)10(5)12(7)11(6)9(3)4/h8-11H,1-7H3/t10-,11-/m0/s1. The van der Waals surface area contributed by atoms with Crippen molar-refractivity contribution >= 4 is 0 Å². The smallest absolute Gasteiger partial charge is 0.00898 e. The number of rotatable bonds is 4. The minimum absolute atomic E-state index is 0.683. The lowest BCUT2D eigenvalue weighted by atomic mass is 9.99. The van der Waals surface area contributed by atoms with Gasteiger partial charge >= 0.3 is 0 Å². The van der Waals surface area contributed by atoms with Crippen molar-refractivity contribution in [1.82, 2.24) is 4.90 Å². The first-order chi connectivity index (χ1) is 5.37. The maximum Gasteiger partial charge on any atom is 0.00898 e. The molecule has 0 bridgehead atoms. The van der Waals surface area contributed by atoms with E-state index in [4.69, 9.17) is 0 Å². The SMILES string of the molecule is CC(C)[C@H](C)N(C)[C@@H](C)C(C)C. The van der Waals surface area contributed by atoms with Crippen molar-refractivity contribution in [3.05, 3.63) is 0 Å². The summed E-state index contributed by atoms with van der Waals surface area (Å²) >= 11 is 0. The highest BCUT2D eigenvalue weighted by atomic mass is 15.2. The third-order valence-electron chi connectivity index (χ3n) is 3.21. The zero-order chi connectivity index (χ0) is 9.89. The fourth-order valence-corrected chi connectivity index (χ4v) is 1.31. The van der Waals surface area contributed by atoms with E-state index in [2.05, 4.69) is 53.5 Å². The van der Waals surface area contributed by atoms with Crippen LogP contribution in [0.15, 0.2) is 0 Å². The van der Waals surface area contributed by atoms with Crippen LogP contribution >= 0.6 is 0 Å². The second kappa shape index (κ2) is 4.86. The van der Waals surface area contributed by atoms with Gasteiger partial charge in [-0.15, -0.1) is 0 Å². The van der Waals surface area contributed by atoms with E-state index in [0.717, 1.165) is 11.8 Å². The van der Waals surface area contributed by atoms with Gasteiger partial charge in [0.25, 0.3) is 0 Å². The summed E-state index contributed by atoms with van der Waals surface area (Å²) in [5, 5.41) is 0. The Labute approximate surface area is 78.1 Å². The molecule has 0 aromatic rings. The summed E-state index contributed by atoms with van der Waals surface area (Å²) in [5.74, 6) is 1.49. The van der Waals surface area contributed by atoms with Crippen molar-refractivity contribution in [2.45, 2.75) is 53.6 Å². The molecule has 74 valence electrons. The molecule has 1 nitrogen and oxygen atoms in total. The maximum absolute atomic E-state index is 2.48. The van der Waals surface area contributed by atoms with E-state index in [1.807, 2.05) is 0 Å². The van der Waals surface area contributed by atoms with Crippen LogP contribution < -0.4 is 0 Å². The molecule has 0 aliphatic heterocycles. The van der Waals surface area contributed by atoms with Crippen molar-refractivity contribution in [2.75, 3.05) is 7.05 Å². The molecule has 0 aromatic heterocycles. The minimum Gasteiger partial charge on any atom is -0.301 e. The normalized spacial score (nSPS) is 17.5. The van der Waals surface area contributed by atoms with E-state index in [-0.39, 0.29) is 0 Å².